The van der Waals surface area contributed by atoms with Crippen molar-refractivity contribution < 1.29 is 8.42 Å². The summed E-state index contributed by atoms with van der Waals surface area (Å²) in [5.41, 5.74) is 1.66. The summed E-state index contributed by atoms with van der Waals surface area (Å²) in [6.45, 7) is 3.66. The average molecular weight is 313 g/mol. The number of imidazole rings is 1. The maximum atomic E-state index is 11.0. The molecule has 2 aromatic heterocycles. The van der Waals surface area contributed by atoms with Crippen LogP contribution in [-0.4, -0.2) is 23.0 Å². The van der Waals surface area contributed by atoms with E-state index < -0.39 is 10.0 Å². The molecule has 0 radical (unpaired) electrons. The second kappa shape index (κ2) is 3.81. The summed E-state index contributed by atoms with van der Waals surface area (Å²) in [4.78, 5) is 4.69. The van der Waals surface area contributed by atoms with Crippen LogP contribution in [0.2, 0.25) is 0 Å². The van der Waals surface area contributed by atoms with Crippen molar-refractivity contribution in [2.45, 2.75) is 18.2 Å². The van der Waals surface area contributed by atoms with Gasteiger partial charge in [0.25, 0.3) is 10.0 Å². The number of sulfonamides is 1. The molecule has 0 saturated heterocycles. The van der Waals surface area contributed by atoms with Crippen molar-refractivity contribution >= 4 is 43.3 Å². The van der Waals surface area contributed by atoms with E-state index in [1.807, 2.05) is 13.8 Å². The molecule has 84 valence electrons. The highest BCUT2D eigenvalue weighted by Gasteiger charge is 2.17. The largest absolute Gasteiger partial charge is 0.267 e. The van der Waals surface area contributed by atoms with Crippen LogP contribution in [0.4, 0.5) is 0 Å². The monoisotopic (exact) mass is 312 g/mol. The van der Waals surface area contributed by atoms with Gasteiger partial charge >= 0.3 is 0 Å². The van der Waals surface area contributed by atoms with Crippen LogP contribution in [0.3, 0.4) is 0 Å². The van der Waals surface area contributed by atoms with Gasteiger partial charge in [-0.1, -0.05) is 11.3 Å². The second-order valence-electron chi connectivity index (χ2n) is 2.89. The van der Waals surface area contributed by atoms with Gasteiger partial charge in [0.1, 0.15) is 0 Å². The number of hydrogen-bond donors (Lipinski definition) is 1. The van der Waals surface area contributed by atoms with Crippen LogP contribution in [0, 0.1) is 13.8 Å². The van der Waals surface area contributed by atoms with Crippen molar-refractivity contribution in [2.75, 3.05) is 0 Å². The van der Waals surface area contributed by atoms with Crippen LogP contribution >= 0.6 is 28.3 Å². The summed E-state index contributed by atoms with van der Waals surface area (Å²) in [5.74, 6) is 0. The number of aryl methyl sites for hydroxylation is 2. The van der Waals surface area contributed by atoms with E-state index in [4.69, 9.17) is 5.14 Å². The van der Waals surface area contributed by atoms with Crippen molar-refractivity contribution in [1.82, 2.24) is 14.6 Å². The van der Waals surface area contributed by atoms with Crippen LogP contribution < -0.4 is 5.14 Å². The summed E-state index contributed by atoms with van der Waals surface area (Å²) >= 11 is 0.967. The molecule has 0 aliphatic heterocycles. The standard InChI is InChI=1S/C6H8N4O2S2.BrH/c1-3-4(2)10-5(8-3)13-6(9-10)14(7,11)12;/h1-2H3,(H2,7,11,12);1H. The molecule has 0 fully saturated rings. The molecule has 0 atom stereocenters. The topological polar surface area (TPSA) is 90.3 Å². The molecule has 0 aliphatic rings. The molecule has 0 bridgehead atoms. The van der Waals surface area contributed by atoms with E-state index in [0.29, 0.717) is 4.96 Å². The molecule has 15 heavy (non-hydrogen) atoms. The molecule has 0 spiro atoms. The molecule has 9 heteroatoms. The SMILES string of the molecule is Br.Cc1nc2sc(S(N)(=O)=O)nn2c1C. The molecule has 6 nitrogen and oxygen atoms in total. The lowest BCUT2D eigenvalue weighted by Gasteiger charge is -1.89. The zero-order valence-electron chi connectivity index (χ0n) is 7.96. The van der Waals surface area contributed by atoms with Crippen LogP contribution in [-0.2, 0) is 10.0 Å². The number of nitrogens with zero attached hydrogens (tertiary/aromatic N) is 3. The Morgan fingerprint density at radius 2 is 2.00 bits per heavy atom. The third kappa shape index (κ3) is 2.05. The van der Waals surface area contributed by atoms with E-state index in [-0.39, 0.29) is 21.3 Å². The van der Waals surface area contributed by atoms with E-state index in [0.717, 1.165) is 22.7 Å². The van der Waals surface area contributed by atoms with Gasteiger partial charge in [0.2, 0.25) is 9.30 Å². The van der Waals surface area contributed by atoms with Gasteiger partial charge in [-0.2, -0.15) is 0 Å². The quantitative estimate of drug-likeness (QED) is 0.836. The van der Waals surface area contributed by atoms with Crippen molar-refractivity contribution in [3.05, 3.63) is 11.4 Å². The van der Waals surface area contributed by atoms with E-state index in [1.165, 1.54) is 4.52 Å². The van der Waals surface area contributed by atoms with Gasteiger partial charge in [0.05, 0.1) is 11.4 Å². The molecule has 2 aromatic rings. The minimum absolute atomic E-state index is 0. The molecule has 0 amide bonds. The first kappa shape index (κ1) is 12.6. The Morgan fingerprint density at radius 3 is 2.47 bits per heavy atom. The Labute approximate surface area is 101 Å². The predicted octanol–water partition coefficient (Wildman–Crippen LogP) is 0.633. The van der Waals surface area contributed by atoms with Crippen LogP contribution in [0.15, 0.2) is 4.34 Å². The van der Waals surface area contributed by atoms with Crippen LogP contribution in [0.5, 0.6) is 0 Å². The summed E-state index contributed by atoms with van der Waals surface area (Å²) in [7, 11) is -3.72. The number of nitrogens with two attached hydrogens (primary N) is 1. The first-order chi connectivity index (χ1) is 6.39. The maximum Gasteiger partial charge on any atom is 0.267 e. The van der Waals surface area contributed by atoms with E-state index in [1.54, 1.807) is 0 Å². The summed E-state index contributed by atoms with van der Waals surface area (Å²) in [5, 5.41) is 8.81. The number of primary sulfonamides is 1. The van der Waals surface area contributed by atoms with Crippen LogP contribution in [0.25, 0.3) is 4.96 Å². The lowest BCUT2D eigenvalue weighted by Crippen LogP contribution is -2.12. The third-order valence-electron chi connectivity index (χ3n) is 1.89. The molecule has 0 saturated carbocycles. The molecule has 0 unspecified atom stereocenters. The predicted molar refractivity (Wildman–Crippen MR) is 62.0 cm³/mol. The molecule has 0 aromatic carbocycles. The van der Waals surface area contributed by atoms with E-state index in [2.05, 4.69) is 10.1 Å². The highest BCUT2D eigenvalue weighted by Crippen LogP contribution is 2.20. The van der Waals surface area contributed by atoms with Gasteiger partial charge in [0.15, 0.2) is 0 Å². The summed E-state index contributed by atoms with van der Waals surface area (Å²) < 4.78 is 23.3. The van der Waals surface area contributed by atoms with Gasteiger partial charge in [-0.15, -0.1) is 22.1 Å². The fourth-order valence-electron chi connectivity index (χ4n) is 1.05. The Balaban J connectivity index is 0.00000112. The zero-order chi connectivity index (χ0) is 10.5. The third-order valence-corrected chi connectivity index (χ3v) is 4.11. The summed E-state index contributed by atoms with van der Waals surface area (Å²) in [6, 6.07) is 0. The fraction of sp³-hybridized carbons (Fsp3) is 0.333. The smallest absolute Gasteiger partial charge is 0.223 e. The Bertz CT molecular complexity index is 600. The van der Waals surface area contributed by atoms with E-state index in [9.17, 15) is 8.42 Å². The molecule has 0 aliphatic carbocycles. The van der Waals surface area contributed by atoms with Gasteiger partial charge < -0.3 is 0 Å². The van der Waals surface area contributed by atoms with Gasteiger partial charge in [0, 0.05) is 0 Å². The van der Waals surface area contributed by atoms with Crippen molar-refractivity contribution in [1.29, 1.82) is 0 Å². The normalized spacial score (nSPS) is 11.7. The maximum absolute atomic E-state index is 11.0. The van der Waals surface area contributed by atoms with Gasteiger partial charge in [-0.3, -0.25) is 0 Å². The lowest BCUT2D eigenvalue weighted by molar-refractivity contribution is 0.594. The van der Waals surface area contributed by atoms with Crippen molar-refractivity contribution in [2.24, 2.45) is 5.14 Å². The van der Waals surface area contributed by atoms with Crippen LogP contribution in [0.1, 0.15) is 11.4 Å². The number of fused-ring (bicyclic) bond motifs is 1. The Hall–Kier alpha value is -0.510. The van der Waals surface area contributed by atoms with Gasteiger partial charge in [-0.05, 0) is 13.8 Å². The number of hydrogen-bond acceptors (Lipinski definition) is 5. The number of rotatable bonds is 1. The van der Waals surface area contributed by atoms with Gasteiger partial charge in [-0.25, -0.2) is 23.1 Å². The Morgan fingerprint density at radius 1 is 1.40 bits per heavy atom. The molecular weight excluding hydrogens is 304 g/mol. The fourth-order valence-corrected chi connectivity index (χ4v) is 2.66. The number of aromatic nitrogens is 3. The first-order valence-electron chi connectivity index (χ1n) is 3.75. The Kier molecular flexibility index (Phi) is 3.19. The zero-order valence-corrected chi connectivity index (χ0v) is 11.3. The molecule has 2 heterocycles. The molecule has 2 rings (SSSR count). The first-order valence-corrected chi connectivity index (χ1v) is 6.11. The minimum Gasteiger partial charge on any atom is -0.223 e. The highest BCUT2D eigenvalue weighted by atomic mass is 79.9. The second-order valence-corrected chi connectivity index (χ2v) is 5.58. The number of halogens is 1. The highest BCUT2D eigenvalue weighted by molar-refractivity contribution is 8.93. The summed E-state index contributed by atoms with van der Waals surface area (Å²) in [6.07, 6.45) is 0. The van der Waals surface area contributed by atoms with E-state index >= 15 is 0 Å². The average Bonchev–Trinajstić information content (AvgIpc) is 2.54. The molecule has 2 N–H and O–H groups in total. The van der Waals surface area contributed by atoms with Crippen molar-refractivity contribution in [3.8, 4) is 0 Å². The molecular formula is C6H9BrN4O2S2. The van der Waals surface area contributed by atoms with Crippen molar-refractivity contribution in [3.63, 3.8) is 0 Å². The minimum atomic E-state index is -3.72. The lowest BCUT2D eigenvalue weighted by atomic mass is 10.4.